The van der Waals surface area contributed by atoms with Crippen LogP contribution in [0, 0.1) is 3.57 Å². The van der Waals surface area contributed by atoms with Gasteiger partial charge < -0.3 is 10.1 Å². The Morgan fingerprint density at radius 1 is 1.00 bits per heavy atom. The highest BCUT2D eigenvalue weighted by Crippen LogP contribution is 2.30. The van der Waals surface area contributed by atoms with Crippen molar-refractivity contribution in [1.82, 2.24) is 10.2 Å². The van der Waals surface area contributed by atoms with Gasteiger partial charge in [-0.1, -0.05) is 115 Å². The van der Waals surface area contributed by atoms with Gasteiger partial charge in [0.1, 0.15) is 17.9 Å². The summed E-state index contributed by atoms with van der Waals surface area (Å²) in [7, 11) is 0. The number of benzene rings is 4. The highest BCUT2D eigenvalue weighted by atomic mass is 127. The van der Waals surface area contributed by atoms with Crippen molar-refractivity contribution in [2.45, 2.75) is 19.6 Å². The van der Waals surface area contributed by atoms with E-state index in [1.54, 1.807) is 49.4 Å². The van der Waals surface area contributed by atoms with Gasteiger partial charge in [0, 0.05) is 9.27 Å². The molecule has 0 atom stereocenters. The fourth-order valence-corrected chi connectivity index (χ4v) is 6.70. The normalized spacial score (nSPS) is 14.3. The van der Waals surface area contributed by atoms with E-state index in [-0.39, 0.29) is 28.4 Å². The number of carbonyl (C=O) groups excluding carboxylic acids is 3. The number of ether oxygens (including phenoxy) is 1. The number of aliphatic imine (C=N–C) groups is 1. The zero-order chi connectivity index (χ0) is 35.5. The molecular weight excluding hydrogens is 825 g/mol. The Hall–Kier alpha value is -4.52. The van der Waals surface area contributed by atoms with Crippen molar-refractivity contribution in [3.63, 3.8) is 0 Å². The van der Waals surface area contributed by atoms with Crippen molar-refractivity contribution in [2.24, 2.45) is 4.99 Å². The van der Waals surface area contributed by atoms with Gasteiger partial charge in [-0.25, -0.2) is 0 Å². The molecule has 0 saturated carbocycles. The second-order valence-corrected chi connectivity index (χ2v) is 14.0. The van der Waals surface area contributed by atoms with Crippen LogP contribution in [0.25, 0.3) is 6.08 Å². The van der Waals surface area contributed by atoms with Crippen LogP contribution in [0.2, 0.25) is 0 Å². The maximum Gasteiger partial charge on any atom is 0.285 e. The summed E-state index contributed by atoms with van der Waals surface area (Å²) in [5.74, 6) is -0.995. The first-order valence-corrected chi connectivity index (χ1v) is 18.5. The van der Waals surface area contributed by atoms with E-state index in [4.69, 9.17) is 4.74 Å². The van der Waals surface area contributed by atoms with Gasteiger partial charge in [0.05, 0.1) is 16.3 Å². The average Bonchev–Trinajstić information content (AvgIpc) is 3.13. The van der Waals surface area contributed by atoms with Crippen molar-refractivity contribution in [3.05, 3.63) is 176 Å². The zero-order valence-corrected chi connectivity index (χ0v) is 31.7. The molecule has 50 heavy (non-hydrogen) atoms. The van der Waals surface area contributed by atoms with E-state index in [9.17, 15) is 14.4 Å². The molecule has 0 fully saturated rings. The van der Waals surface area contributed by atoms with Crippen LogP contribution in [0.3, 0.4) is 0 Å². The molecule has 5 rings (SSSR count). The molecule has 4 aromatic rings. The summed E-state index contributed by atoms with van der Waals surface area (Å²) >= 11 is 6.84. The number of amides is 3. The molecule has 10 heteroatoms. The van der Waals surface area contributed by atoms with Crippen molar-refractivity contribution in [3.8, 4) is 5.75 Å². The van der Waals surface area contributed by atoms with Crippen LogP contribution in [0.4, 0.5) is 0 Å². The van der Waals surface area contributed by atoms with Gasteiger partial charge in [-0.2, -0.15) is 4.99 Å². The molecule has 0 aliphatic carbocycles. The summed E-state index contributed by atoms with van der Waals surface area (Å²) in [4.78, 5) is 46.5. The monoisotopic (exact) mass is 857 g/mol. The number of amidine groups is 1. The molecule has 0 radical (unpaired) electrons. The lowest BCUT2D eigenvalue weighted by Gasteiger charge is -2.28. The van der Waals surface area contributed by atoms with Gasteiger partial charge in [0.25, 0.3) is 11.8 Å². The zero-order valence-electron chi connectivity index (χ0n) is 27.1. The van der Waals surface area contributed by atoms with Crippen LogP contribution >= 0.6 is 50.3 Å². The number of carbonyl (C=O) groups is 3. The second-order valence-electron chi connectivity index (χ2n) is 10.9. The molecule has 0 bridgehead atoms. The largest absolute Gasteiger partial charge is 0.488 e. The topological polar surface area (TPSA) is 88.1 Å². The first-order valence-electron chi connectivity index (χ1n) is 15.6. The predicted octanol–water partition coefficient (Wildman–Crippen LogP) is 9.03. The van der Waals surface area contributed by atoms with Gasteiger partial charge in [-0.05, 0) is 104 Å². The highest BCUT2D eigenvalue weighted by molar-refractivity contribution is 14.1. The van der Waals surface area contributed by atoms with Gasteiger partial charge >= 0.3 is 0 Å². The van der Waals surface area contributed by atoms with Gasteiger partial charge in [0.2, 0.25) is 5.91 Å². The van der Waals surface area contributed by atoms with Crippen LogP contribution < -0.4 is 10.1 Å². The highest BCUT2D eigenvalue weighted by Gasteiger charge is 2.35. The van der Waals surface area contributed by atoms with Crippen LogP contribution in [0.5, 0.6) is 5.75 Å². The summed E-state index contributed by atoms with van der Waals surface area (Å²) in [6.07, 6.45) is 8.22. The Bertz CT molecular complexity index is 1950. The van der Waals surface area contributed by atoms with Gasteiger partial charge in [-0.15, -0.1) is 0 Å². The number of hydrogen-bond acceptors (Lipinski definition) is 5. The molecular formula is C40H33BrIN3O4S. The van der Waals surface area contributed by atoms with Crippen molar-refractivity contribution in [2.75, 3.05) is 5.75 Å². The molecule has 4 aromatic carbocycles. The van der Waals surface area contributed by atoms with E-state index in [2.05, 4.69) is 55.4 Å². The third kappa shape index (κ3) is 9.58. The van der Waals surface area contributed by atoms with E-state index in [1.165, 1.54) is 11.0 Å². The fourth-order valence-electron chi connectivity index (χ4n) is 5.03. The van der Waals surface area contributed by atoms with Crippen molar-refractivity contribution in [1.29, 1.82) is 0 Å². The molecule has 1 aliphatic heterocycles. The number of nitrogens with zero attached hydrogens (tertiary/aromatic N) is 2. The summed E-state index contributed by atoms with van der Waals surface area (Å²) in [6.45, 7) is 5.90. The van der Waals surface area contributed by atoms with E-state index < -0.39 is 11.8 Å². The fraction of sp³-hybridized carbons (Fsp3) is 0.100. The number of allylic oxidation sites excluding steroid dienone is 4. The minimum Gasteiger partial charge on any atom is -0.488 e. The molecule has 0 spiro atoms. The number of nitrogens with one attached hydrogen (secondary N) is 1. The molecule has 3 amide bonds. The van der Waals surface area contributed by atoms with E-state index >= 15 is 0 Å². The van der Waals surface area contributed by atoms with Gasteiger partial charge in [-0.3, -0.25) is 19.3 Å². The molecule has 0 aromatic heterocycles. The van der Waals surface area contributed by atoms with E-state index in [0.717, 1.165) is 32.0 Å². The third-order valence-corrected chi connectivity index (χ3v) is 9.76. The van der Waals surface area contributed by atoms with Crippen LogP contribution in [-0.2, 0) is 21.0 Å². The Morgan fingerprint density at radius 2 is 1.66 bits per heavy atom. The summed E-state index contributed by atoms with van der Waals surface area (Å²) in [5, 5.41) is 3.21. The summed E-state index contributed by atoms with van der Waals surface area (Å²) < 4.78 is 7.81. The smallest absolute Gasteiger partial charge is 0.285 e. The summed E-state index contributed by atoms with van der Waals surface area (Å²) in [5.41, 5.74) is 3.86. The predicted molar refractivity (Wildman–Crippen MR) is 213 cm³/mol. The van der Waals surface area contributed by atoms with Crippen LogP contribution in [-0.4, -0.2) is 33.5 Å². The first kappa shape index (κ1) is 36.8. The number of rotatable bonds is 12. The maximum atomic E-state index is 14.0. The Kier molecular flexibility index (Phi) is 13.2. The third-order valence-electron chi connectivity index (χ3n) is 7.49. The van der Waals surface area contributed by atoms with Gasteiger partial charge in [0.15, 0.2) is 5.17 Å². The number of thioether (sulfide) groups is 1. The van der Waals surface area contributed by atoms with E-state index in [1.807, 2.05) is 84.9 Å². The molecule has 1 heterocycles. The molecule has 1 N–H and O–H groups in total. The lowest BCUT2D eigenvalue weighted by molar-refractivity contribution is -0.126. The van der Waals surface area contributed by atoms with E-state index in [0.29, 0.717) is 28.1 Å². The molecule has 0 saturated heterocycles. The number of hydrogen-bond donors (Lipinski definition) is 1. The Balaban J connectivity index is 1.36. The number of halogens is 2. The summed E-state index contributed by atoms with van der Waals surface area (Å²) in [6, 6.07) is 32.4. The SMILES string of the molecule is C=C/C=C\C(=C/C)N1C(=O)/C(=C/c2ccc(OCc3ccc(I)cc3)c(Br)c2)C(=O)N=C1SCC(=O)NC(c1ccccc1)c1ccccc1. The lowest BCUT2D eigenvalue weighted by Crippen LogP contribution is -2.42. The molecule has 0 unspecified atom stereocenters. The minimum atomic E-state index is -0.695. The Labute approximate surface area is 318 Å². The minimum absolute atomic E-state index is 0.0795. The maximum absolute atomic E-state index is 14.0. The van der Waals surface area contributed by atoms with Crippen LogP contribution in [0.1, 0.15) is 35.2 Å². The standard InChI is InChI=1S/C40H33BrIN3O4S/c1-3-5-16-32(4-2)45-39(48)33(23-28-19-22-35(34(41)24-28)49-25-27-17-20-31(42)21-18-27)38(47)44-40(45)50-26-36(46)43-37(29-12-8-6-9-13-29)30-14-10-7-11-15-30/h3-24,37H,1,25-26H2,2H3,(H,43,46)/b16-5-,32-4+,33-23+. The van der Waals surface area contributed by atoms with Crippen molar-refractivity contribution < 1.29 is 19.1 Å². The van der Waals surface area contributed by atoms with Crippen molar-refractivity contribution >= 4 is 79.2 Å². The molecule has 252 valence electrons. The molecule has 7 nitrogen and oxygen atoms in total. The Morgan fingerprint density at radius 3 is 2.26 bits per heavy atom. The quantitative estimate of drug-likeness (QED) is 0.0666. The average molecular weight is 859 g/mol. The van der Waals surface area contributed by atoms with Crippen LogP contribution in [0.15, 0.2) is 155 Å². The molecule has 1 aliphatic rings. The first-order chi connectivity index (χ1) is 24.3. The lowest BCUT2D eigenvalue weighted by atomic mass is 9.99. The second kappa shape index (κ2) is 17.9.